The Morgan fingerprint density at radius 3 is 2.17 bits per heavy atom. The fraction of sp³-hybridized carbons (Fsp3) is 1.00. The van der Waals surface area contributed by atoms with E-state index in [1.165, 1.54) is 6.26 Å². The van der Waals surface area contributed by atoms with E-state index in [2.05, 4.69) is 4.47 Å². The van der Waals surface area contributed by atoms with Crippen LogP contribution in [-0.2, 0) is 10.6 Å². The quantitative estimate of drug-likeness (QED) is 0.291. The zero-order valence-electron chi connectivity index (χ0n) is 3.16. The molecular weight excluding hydrogens is 104 g/mol. The van der Waals surface area contributed by atoms with Crippen molar-refractivity contribution in [1.82, 2.24) is 0 Å². The highest BCUT2D eigenvalue weighted by Crippen LogP contribution is 1.64. The van der Waals surface area contributed by atoms with E-state index in [0.29, 0.717) is 0 Å². The van der Waals surface area contributed by atoms with Crippen LogP contribution in [0, 0.1) is 4.91 Å². The van der Waals surface area contributed by atoms with Crippen LogP contribution < -0.4 is 0 Å². The Labute approximate surface area is 36.7 Å². The molecule has 0 fully saturated rings. The minimum absolute atomic E-state index is 1.30. The summed E-state index contributed by atoms with van der Waals surface area (Å²) in [4.78, 5) is 9.01. The minimum atomic E-state index is -1.70. The number of thiol groups is 1. The minimum Gasteiger partial charge on any atom is -0.251 e. The second-order valence-corrected chi connectivity index (χ2v) is 1.74. The Bertz CT molecular complexity index is 113. The summed E-state index contributed by atoms with van der Waals surface area (Å²) >= 11 is 0. The second-order valence-electron chi connectivity index (χ2n) is 0.635. The van der Waals surface area contributed by atoms with E-state index in [0.717, 1.165) is 0 Å². The smallest absolute Gasteiger partial charge is 0.0885 e. The molecule has 0 rings (SSSR count). The van der Waals surface area contributed by atoms with Crippen LogP contribution in [-0.4, -0.2) is 10.5 Å². The van der Waals surface area contributed by atoms with Crippen molar-refractivity contribution >= 4 is 10.6 Å². The molecule has 0 heterocycles. The molecule has 0 aromatic heterocycles. The van der Waals surface area contributed by atoms with E-state index in [1.54, 1.807) is 0 Å². The molecule has 0 aliphatic carbocycles. The molecule has 0 aliphatic heterocycles. The van der Waals surface area contributed by atoms with Gasteiger partial charge in [0.15, 0.2) is 0 Å². The lowest BCUT2D eigenvalue weighted by Crippen LogP contribution is -1.58. The summed E-state index contributed by atoms with van der Waals surface area (Å²) in [5, 5.41) is 2.03. The summed E-state index contributed by atoms with van der Waals surface area (Å²) in [7, 11) is -1.70. The second kappa shape index (κ2) is 2.77. The summed E-state index contributed by atoms with van der Waals surface area (Å²) in [5.74, 6) is 0. The number of hydrogen-bond acceptors (Lipinski definition) is 2. The Morgan fingerprint density at radius 2 is 2.17 bits per heavy atom. The van der Waals surface area contributed by atoms with Crippen LogP contribution in [0.5, 0.6) is 0 Å². The zero-order valence-corrected chi connectivity index (χ0v) is 4.05. The highest BCUT2D eigenvalue weighted by Gasteiger charge is 1.59. The Kier molecular flexibility index (Phi) is 2.56. The molecular formula is CH4N2O2S. The van der Waals surface area contributed by atoms with Crippen molar-refractivity contribution in [2.24, 2.45) is 9.76 Å². The molecule has 36 valence electrons. The summed E-state index contributed by atoms with van der Waals surface area (Å²) in [6.45, 7) is 0. The first-order valence-electron chi connectivity index (χ1n) is 1.21. The van der Waals surface area contributed by atoms with Gasteiger partial charge in [-0.2, -0.15) is 0 Å². The molecule has 0 aromatic rings. The predicted octanol–water partition coefficient (Wildman–Crippen LogP) is -0.0378. The topological polar surface area (TPSA) is 58.9 Å². The molecule has 4 nitrogen and oxygen atoms in total. The average molecular weight is 108 g/mol. The van der Waals surface area contributed by atoms with Gasteiger partial charge in [-0.1, -0.05) is 4.47 Å². The molecule has 0 bridgehead atoms. The van der Waals surface area contributed by atoms with E-state index in [9.17, 15) is 4.21 Å². The molecule has 0 aliphatic rings. The van der Waals surface area contributed by atoms with Crippen molar-refractivity contribution in [3.63, 3.8) is 0 Å². The van der Waals surface area contributed by atoms with Gasteiger partial charge in [0.2, 0.25) is 0 Å². The number of hydrogen-bond donors (Lipinski definition) is 1. The fourth-order valence-electron chi connectivity index (χ4n) is 0.0514. The molecule has 0 N–H and O–H groups in total. The Morgan fingerprint density at radius 1 is 1.67 bits per heavy atom. The Balaban J connectivity index is 3.75. The van der Waals surface area contributed by atoms with Crippen LogP contribution in [0.15, 0.2) is 9.76 Å². The van der Waals surface area contributed by atoms with Gasteiger partial charge in [-0.15, -0.1) is 4.91 Å². The molecule has 0 spiro atoms. The Hall–Kier alpha value is -0.450. The maximum atomic E-state index is 9.73. The molecule has 0 saturated carbocycles. The van der Waals surface area contributed by atoms with Crippen LogP contribution in [0.3, 0.4) is 0 Å². The average Bonchev–Trinajstić information content (AvgIpc) is 1.35. The summed E-state index contributed by atoms with van der Waals surface area (Å²) < 4.78 is 12.4. The van der Waals surface area contributed by atoms with Crippen molar-refractivity contribution in [3.05, 3.63) is 4.91 Å². The van der Waals surface area contributed by atoms with Gasteiger partial charge in [0.05, 0.1) is 15.9 Å². The largest absolute Gasteiger partial charge is 0.251 e. The van der Waals surface area contributed by atoms with Gasteiger partial charge in [-0.3, -0.25) is 4.21 Å². The van der Waals surface area contributed by atoms with E-state index >= 15 is 0 Å². The van der Waals surface area contributed by atoms with Gasteiger partial charge in [-0.05, 0) is 0 Å². The fourth-order valence-corrected chi connectivity index (χ4v) is 0.154. The molecule has 0 radical (unpaired) electrons. The normalized spacial score (nSPS) is 14.2. The van der Waals surface area contributed by atoms with Crippen LogP contribution >= 0.6 is 0 Å². The van der Waals surface area contributed by atoms with E-state index in [4.69, 9.17) is 4.91 Å². The van der Waals surface area contributed by atoms with E-state index < -0.39 is 10.6 Å². The van der Waals surface area contributed by atoms with Gasteiger partial charge >= 0.3 is 0 Å². The van der Waals surface area contributed by atoms with Crippen molar-refractivity contribution in [2.45, 2.75) is 0 Å². The highest BCUT2D eigenvalue weighted by molar-refractivity contribution is 7.74. The van der Waals surface area contributed by atoms with Crippen molar-refractivity contribution in [3.8, 4) is 0 Å². The first-order chi connectivity index (χ1) is 2.77. The van der Waals surface area contributed by atoms with Crippen molar-refractivity contribution < 1.29 is 4.21 Å². The first-order valence-corrected chi connectivity index (χ1v) is 2.87. The van der Waals surface area contributed by atoms with Crippen LogP contribution in [0.25, 0.3) is 0 Å². The highest BCUT2D eigenvalue weighted by atomic mass is 32.2. The maximum absolute atomic E-state index is 9.73. The first kappa shape index (κ1) is 5.55. The lowest BCUT2D eigenvalue weighted by molar-refractivity contribution is 0.690. The lowest BCUT2D eigenvalue weighted by atomic mass is 12.0. The van der Waals surface area contributed by atoms with E-state index in [-0.39, 0.29) is 0 Å². The summed E-state index contributed by atoms with van der Waals surface area (Å²) in [5.41, 5.74) is 0. The summed E-state index contributed by atoms with van der Waals surface area (Å²) in [6.07, 6.45) is 1.30. The standard InChI is InChI=1S/CH4N2O2S/c1-6(5)3-2-4/h6H,1H3. The zero-order chi connectivity index (χ0) is 4.99. The molecule has 6 heavy (non-hydrogen) atoms. The van der Waals surface area contributed by atoms with Gasteiger partial charge in [0.1, 0.15) is 0 Å². The lowest BCUT2D eigenvalue weighted by Gasteiger charge is -1.58. The third kappa shape index (κ3) is 3.55. The number of nitroso groups, excluding NO2 is 1. The molecule has 1 unspecified atom stereocenters. The van der Waals surface area contributed by atoms with Crippen molar-refractivity contribution in [1.29, 1.82) is 0 Å². The van der Waals surface area contributed by atoms with E-state index in [1.807, 2.05) is 5.29 Å². The maximum Gasteiger partial charge on any atom is 0.0885 e. The molecule has 5 heteroatoms. The van der Waals surface area contributed by atoms with Crippen LogP contribution in [0.1, 0.15) is 0 Å². The molecule has 0 amide bonds. The third-order valence-corrected chi connectivity index (χ3v) is 0.487. The summed E-state index contributed by atoms with van der Waals surface area (Å²) in [6, 6.07) is 0. The SMILES string of the molecule is C[SH](=O)=NN=O. The number of nitrogens with zero attached hydrogens (tertiary/aromatic N) is 2. The predicted molar refractivity (Wildman–Crippen MR) is 23.7 cm³/mol. The van der Waals surface area contributed by atoms with Crippen molar-refractivity contribution in [2.75, 3.05) is 6.26 Å². The molecule has 0 saturated heterocycles. The van der Waals surface area contributed by atoms with Gasteiger partial charge < -0.3 is 0 Å². The van der Waals surface area contributed by atoms with Gasteiger partial charge in [0, 0.05) is 6.26 Å². The number of rotatable bonds is 1. The molecule has 1 atom stereocenters. The molecule has 0 aromatic carbocycles. The third-order valence-electron chi connectivity index (χ3n) is 0.162. The van der Waals surface area contributed by atoms with Crippen LogP contribution in [0.2, 0.25) is 0 Å². The monoisotopic (exact) mass is 108 g/mol. The van der Waals surface area contributed by atoms with Gasteiger partial charge in [-0.25, -0.2) is 0 Å². The van der Waals surface area contributed by atoms with Gasteiger partial charge in [0.25, 0.3) is 0 Å². The van der Waals surface area contributed by atoms with Crippen LogP contribution in [0.4, 0.5) is 0 Å².